The zero-order valence-electron chi connectivity index (χ0n) is 13.4. The zero-order chi connectivity index (χ0) is 18.9. The van der Waals surface area contributed by atoms with E-state index in [0.717, 1.165) is 18.3 Å². The van der Waals surface area contributed by atoms with Crippen LogP contribution in [0.2, 0.25) is 5.02 Å². The first-order chi connectivity index (χ1) is 12.3. The van der Waals surface area contributed by atoms with Crippen LogP contribution < -0.4 is 10.2 Å². The predicted octanol–water partition coefficient (Wildman–Crippen LogP) is 3.90. The number of rotatable bonds is 3. The minimum absolute atomic E-state index is 0.0155. The maximum atomic E-state index is 13.8. The van der Waals surface area contributed by atoms with Gasteiger partial charge >= 0.3 is 6.18 Å². The van der Waals surface area contributed by atoms with Gasteiger partial charge in [0.15, 0.2) is 0 Å². The van der Waals surface area contributed by atoms with Gasteiger partial charge in [-0.1, -0.05) is 17.7 Å². The molecule has 0 radical (unpaired) electrons. The van der Waals surface area contributed by atoms with E-state index in [1.807, 2.05) is 0 Å². The Balaban J connectivity index is 1.65. The van der Waals surface area contributed by atoms with Gasteiger partial charge in [-0.2, -0.15) is 13.2 Å². The summed E-state index contributed by atoms with van der Waals surface area (Å²) in [4.78, 5) is 17.8. The van der Waals surface area contributed by atoms with Gasteiger partial charge in [0.05, 0.1) is 16.1 Å². The SMILES string of the molecule is O=C(NC1CCN(c2ccc(C(F)(F)F)cn2)C1)c1c(F)cccc1Cl. The summed E-state index contributed by atoms with van der Waals surface area (Å²) in [5.74, 6) is -0.951. The molecule has 1 aliphatic rings. The number of amides is 1. The largest absolute Gasteiger partial charge is 0.417 e. The van der Waals surface area contributed by atoms with E-state index in [1.54, 1.807) is 4.90 Å². The lowest BCUT2D eigenvalue weighted by atomic mass is 10.1. The molecule has 2 aromatic rings. The second-order valence-corrected chi connectivity index (χ2v) is 6.31. The number of aromatic nitrogens is 1. The Hall–Kier alpha value is -2.35. The molecule has 1 aromatic carbocycles. The average molecular weight is 388 g/mol. The highest BCUT2D eigenvalue weighted by Gasteiger charge is 2.32. The Morgan fingerprint density at radius 1 is 1.27 bits per heavy atom. The fourth-order valence-corrected chi connectivity index (χ4v) is 3.05. The van der Waals surface area contributed by atoms with Gasteiger partial charge in [-0.15, -0.1) is 0 Å². The molecule has 1 atom stereocenters. The molecule has 3 rings (SSSR count). The van der Waals surface area contributed by atoms with E-state index in [4.69, 9.17) is 11.6 Å². The molecule has 2 heterocycles. The van der Waals surface area contributed by atoms with Gasteiger partial charge in [0.2, 0.25) is 0 Å². The monoisotopic (exact) mass is 387 g/mol. The molecule has 0 saturated carbocycles. The molecule has 4 nitrogen and oxygen atoms in total. The Bertz CT molecular complexity index is 790. The Labute approximate surface area is 151 Å². The lowest BCUT2D eigenvalue weighted by molar-refractivity contribution is -0.137. The van der Waals surface area contributed by atoms with Crippen molar-refractivity contribution in [2.75, 3.05) is 18.0 Å². The molecular weight excluding hydrogens is 374 g/mol. The van der Waals surface area contributed by atoms with E-state index >= 15 is 0 Å². The summed E-state index contributed by atoms with van der Waals surface area (Å²) < 4.78 is 51.6. The van der Waals surface area contributed by atoms with E-state index < -0.39 is 23.5 Å². The first kappa shape index (κ1) is 18.4. The van der Waals surface area contributed by atoms with Crippen LogP contribution in [-0.4, -0.2) is 30.0 Å². The smallest absolute Gasteiger partial charge is 0.354 e. The number of halogens is 5. The number of anilines is 1. The third-order valence-electron chi connectivity index (χ3n) is 4.11. The van der Waals surface area contributed by atoms with Crippen molar-refractivity contribution in [3.8, 4) is 0 Å². The molecular formula is C17H14ClF4N3O. The van der Waals surface area contributed by atoms with Crippen LogP contribution in [-0.2, 0) is 6.18 Å². The first-order valence-electron chi connectivity index (χ1n) is 7.79. The minimum atomic E-state index is -4.44. The van der Waals surface area contributed by atoms with E-state index in [2.05, 4.69) is 10.3 Å². The van der Waals surface area contributed by atoms with E-state index in [1.165, 1.54) is 18.2 Å². The van der Waals surface area contributed by atoms with E-state index in [9.17, 15) is 22.4 Å². The van der Waals surface area contributed by atoms with Crippen molar-refractivity contribution in [2.24, 2.45) is 0 Å². The van der Waals surface area contributed by atoms with Gasteiger partial charge in [0.1, 0.15) is 11.6 Å². The normalized spacial score (nSPS) is 17.4. The quantitative estimate of drug-likeness (QED) is 0.812. The lowest BCUT2D eigenvalue weighted by Gasteiger charge is -2.18. The van der Waals surface area contributed by atoms with Crippen molar-refractivity contribution in [3.05, 3.63) is 58.5 Å². The van der Waals surface area contributed by atoms with Crippen LogP contribution in [0.5, 0.6) is 0 Å². The van der Waals surface area contributed by atoms with Crippen LogP contribution in [0.3, 0.4) is 0 Å². The number of carbonyl (C=O) groups is 1. The van der Waals surface area contributed by atoms with Gasteiger partial charge < -0.3 is 10.2 Å². The maximum Gasteiger partial charge on any atom is 0.417 e. The highest BCUT2D eigenvalue weighted by Crippen LogP contribution is 2.30. The molecule has 138 valence electrons. The predicted molar refractivity (Wildman–Crippen MR) is 88.7 cm³/mol. The topological polar surface area (TPSA) is 45.2 Å². The van der Waals surface area contributed by atoms with E-state index in [-0.39, 0.29) is 16.6 Å². The van der Waals surface area contributed by atoms with Crippen molar-refractivity contribution >= 4 is 23.3 Å². The number of nitrogens with one attached hydrogen (secondary N) is 1. The third-order valence-corrected chi connectivity index (χ3v) is 4.43. The molecule has 0 bridgehead atoms. The zero-order valence-corrected chi connectivity index (χ0v) is 14.1. The molecule has 1 fully saturated rings. The maximum absolute atomic E-state index is 13.8. The second kappa shape index (κ2) is 7.11. The highest BCUT2D eigenvalue weighted by atomic mass is 35.5. The van der Waals surface area contributed by atoms with Crippen LogP contribution in [0.25, 0.3) is 0 Å². The van der Waals surface area contributed by atoms with Crippen LogP contribution in [0.1, 0.15) is 22.3 Å². The summed E-state index contributed by atoms with van der Waals surface area (Å²) in [6.45, 7) is 0.866. The molecule has 9 heteroatoms. The standard InChI is InChI=1S/C17H14ClF4N3O/c18-12-2-1-3-13(19)15(12)16(26)24-11-6-7-25(9-11)14-5-4-10(8-23-14)17(20,21)22/h1-5,8,11H,6-7,9H2,(H,24,26). The van der Waals surface area contributed by atoms with Crippen molar-refractivity contribution in [2.45, 2.75) is 18.6 Å². The van der Waals surface area contributed by atoms with Crippen LogP contribution in [0.4, 0.5) is 23.4 Å². The molecule has 1 amide bonds. The third kappa shape index (κ3) is 3.90. The Morgan fingerprint density at radius 3 is 2.65 bits per heavy atom. The number of carbonyl (C=O) groups excluding carboxylic acids is 1. The molecule has 1 aliphatic heterocycles. The number of alkyl halides is 3. The van der Waals surface area contributed by atoms with Gasteiger partial charge in [-0.3, -0.25) is 4.79 Å². The Kier molecular flexibility index (Phi) is 5.04. The summed E-state index contributed by atoms with van der Waals surface area (Å²) >= 11 is 5.87. The first-order valence-corrected chi connectivity index (χ1v) is 8.16. The number of hydrogen-bond acceptors (Lipinski definition) is 3. The van der Waals surface area contributed by atoms with Crippen molar-refractivity contribution in [1.29, 1.82) is 0 Å². The van der Waals surface area contributed by atoms with Crippen molar-refractivity contribution in [1.82, 2.24) is 10.3 Å². The molecule has 1 saturated heterocycles. The number of benzene rings is 1. The van der Waals surface area contributed by atoms with Crippen molar-refractivity contribution < 1.29 is 22.4 Å². The fourth-order valence-electron chi connectivity index (χ4n) is 2.80. The fraction of sp³-hybridized carbons (Fsp3) is 0.294. The second-order valence-electron chi connectivity index (χ2n) is 5.90. The van der Waals surface area contributed by atoms with Crippen LogP contribution in [0, 0.1) is 5.82 Å². The summed E-state index contributed by atoms with van der Waals surface area (Å²) in [6, 6.07) is 5.94. The molecule has 1 unspecified atom stereocenters. The molecule has 0 spiro atoms. The number of nitrogens with zero attached hydrogens (tertiary/aromatic N) is 2. The molecule has 0 aliphatic carbocycles. The van der Waals surface area contributed by atoms with Crippen LogP contribution >= 0.6 is 11.6 Å². The minimum Gasteiger partial charge on any atom is -0.354 e. The summed E-state index contributed by atoms with van der Waals surface area (Å²) in [7, 11) is 0. The van der Waals surface area contributed by atoms with Gasteiger partial charge in [0.25, 0.3) is 5.91 Å². The number of pyridine rings is 1. The summed E-state index contributed by atoms with van der Waals surface area (Å²) in [6.07, 6.45) is -3.10. The van der Waals surface area contributed by atoms with Crippen LogP contribution in [0.15, 0.2) is 36.5 Å². The lowest BCUT2D eigenvalue weighted by Crippen LogP contribution is -2.37. The molecule has 1 aromatic heterocycles. The highest BCUT2D eigenvalue weighted by molar-refractivity contribution is 6.33. The Morgan fingerprint density at radius 2 is 2.04 bits per heavy atom. The molecule has 26 heavy (non-hydrogen) atoms. The van der Waals surface area contributed by atoms with Gasteiger partial charge in [0, 0.05) is 25.3 Å². The average Bonchev–Trinajstić information content (AvgIpc) is 3.02. The van der Waals surface area contributed by atoms with E-state index in [0.29, 0.717) is 25.3 Å². The summed E-state index contributed by atoms with van der Waals surface area (Å²) in [5.41, 5.74) is -1.04. The summed E-state index contributed by atoms with van der Waals surface area (Å²) in [5, 5.41) is 2.71. The van der Waals surface area contributed by atoms with Crippen molar-refractivity contribution in [3.63, 3.8) is 0 Å². The molecule has 1 N–H and O–H groups in total. The van der Waals surface area contributed by atoms with Gasteiger partial charge in [-0.25, -0.2) is 9.37 Å². The van der Waals surface area contributed by atoms with Gasteiger partial charge in [-0.05, 0) is 30.7 Å². The number of hydrogen-bond donors (Lipinski definition) is 1.